The Balaban J connectivity index is 1.74. The summed E-state index contributed by atoms with van der Waals surface area (Å²) in [6, 6.07) is 10.6. The zero-order chi connectivity index (χ0) is 17.1. The van der Waals surface area contributed by atoms with E-state index in [4.69, 9.17) is 4.42 Å². The molecule has 0 saturated carbocycles. The van der Waals surface area contributed by atoms with Gasteiger partial charge < -0.3 is 9.32 Å². The summed E-state index contributed by atoms with van der Waals surface area (Å²) in [4.78, 5) is 15.8. The number of nitrogens with zero attached hydrogens (tertiary/aromatic N) is 2. The average molecular weight is 330 g/mol. The zero-order valence-electron chi connectivity index (χ0n) is 14.2. The van der Waals surface area contributed by atoms with Gasteiger partial charge in [-0.15, -0.1) is 0 Å². The lowest BCUT2D eigenvalue weighted by Crippen LogP contribution is -2.32. The topological polar surface area (TPSA) is 36.7 Å². The van der Waals surface area contributed by atoms with Crippen LogP contribution in [-0.2, 0) is 6.54 Å². The van der Waals surface area contributed by atoms with Crippen molar-refractivity contribution >= 4 is 5.91 Å². The van der Waals surface area contributed by atoms with Crippen LogP contribution in [0.1, 0.15) is 47.2 Å². The van der Waals surface area contributed by atoms with E-state index in [-0.39, 0.29) is 17.8 Å². The van der Waals surface area contributed by atoms with Crippen LogP contribution in [0.25, 0.3) is 0 Å². The first-order valence-corrected chi connectivity index (χ1v) is 8.34. The van der Waals surface area contributed by atoms with Crippen LogP contribution in [0.5, 0.6) is 0 Å². The molecule has 1 aliphatic heterocycles. The third kappa shape index (κ3) is 3.67. The molecule has 1 aromatic heterocycles. The van der Waals surface area contributed by atoms with E-state index in [1.54, 1.807) is 20.2 Å². The first-order valence-electron chi connectivity index (χ1n) is 8.34. The molecule has 1 aromatic carbocycles. The summed E-state index contributed by atoms with van der Waals surface area (Å²) in [6.45, 7) is 1.63. The Kier molecular flexibility index (Phi) is 5.00. The van der Waals surface area contributed by atoms with Crippen LogP contribution in [-0.4, -0.2) is 36.3 Å². The lowest BCUT2D eigenvalue weighted by atomic mass is 9.95. The molecule has 1 saturated heterocycles. The highest BCUT2D eigenvalue weighted by atomic mass is 19.1. The smallest absolute Gasteiger partial charge is 0.289 e. The van der Waals surface area contributed by atoms with E-state index in [1.165, 1.54) is 23.5 Å². The van der Waals surface area contributed by atoms with Gasteiger partial charge in [0.05, 0.1) is 6.54 Å². The molecule has 128 valence electrons. The van der Waals surface area contributed by atoms with Crippen molar-refractivity contribution in [3.8, 4) is 0 Å². The minimum Gasteiger partial charge on any atom is -0.455 e. The molecule has 0 N–H and O–H groups in total. The van der Waals surface area contributed by atoms with Gasteiger partial charge in [0.15, 0.2) is 5.76 Å². The molecule has 0 bridgehead atoms. The number of carbonyl (C=O) groups excluding carboxylic acids is 1. The maximum Gasteiger partial charge on any atom is 0.289 e. The van der Waals surface area contributed by atoms with E-state index in [9.17, 15) is 9.18 Å². The second-order valence-electron chi connectivity index (χ2n) is 6.50. The maximum absolute atomic E-state index is 13.2. The molecule has 1 amide bonds. The van der Waals surface area contributed by atoms with Gasteiger partial charge >= 0.3 is 0 Å². The molecule has 0 spiro atoms. The van der Waals surface area contributed by atoms with E-state index in [1.807, 2.05) is 18.2 Å². The lowest BCUT2D eigenvalue weighted by Gasteiger charge is -2.35. The summed E-state index contributed by atoms with van der Waals surface area (Å²) < 4.78 is 18.9. The Hall–Kier alpha value is -2.14. The SMILES string of the molecule is CN(C)C(=O)c1ccc(CN2CCCC[C@H]2c2ccc(F)cc2)o1. The largest absolute Gasteiger partial charge is 0.455 e. The highest BCUT2D eigenvalue weighted by Crippen LogP contribution is 2.32. The monoisotopic (exact) mass is 330 g/mol. The molecule has 4 nitrogen and oxygen atoms in total. The van der Waals surface area contributed by atoms with Crippen LogP contribution >= 0.6 is 0 Å². The molecule has 2 heterocycles. The van der Waals surface area contributed by atoms with Crippen LogP contribution < -0.4 is 0 Å². The van der Waals surface area contributed by atoms with Crippen molar-refractivity contribution < 1.29 is 13.6 Å². The summed E-state index contributed by atoms with van der Waals surface area (Å²) in [5, 5.41) is 0. The Bertz CT molecular complexity index is 694. The molecule has 0 unspecified atom stereocenters. The highest BCUT2D eigenvalue weighted by Gasteiger charge is 2.25. The summed E-state index contributed by atoms with van der Waals surface area (Å²) in [6.07, 6.45) is 3.36. The van der Waals surface area contributed by atoms with Crippen molar-refractivity contribution in [2.45, 2.75) is 31.8 Å². The number of hydrogen-bond acceptors (Lipinski definition) is 3. The van der Waals surface area contributed by atoms with Gasteiger partial charge in [-0.1, -0.05) is 18.6 Å². The number of hydrogen-bond donors (Lipinski definition) is 0. The Morgan fingerprint density at radius 3 is 2.67 bits per heavy atom. The quantitative estimate of drug-likeness (QED) is 0.854. The van der Waals surface area contributed by atoms with Gasteiger partial charge in [0.1, 0.15) is 11.6 Å². The van der Waals surface area contributed by atoms with Gasteiger partial charge in [-0.25, -0.2) is 4.39 Å². The standard InChI is InChI=1S/C19H23FN2O2/c1-21(2)19(23)18-11-10-16(24-18)13-22-12-4-3-5-17(22)14-6-8-15(20)9-7-14/h6-11,17H,3-5,12-13H2,1-2H3/t17-/m0/s1. The Labute approximate surface area is 141 Å². The maximum atomic E-state index is 13.2. The number of rotatable bonds is 4. The molecule has 1 aliphatic rings. The van der Waals surface area contributed by atoms with Gasteiger partial charge in [-0.05, 0) is 49.2 Å². The highest BCUT2D eigenvalue weighted by molar-refractivity contribution is 5.91. The van der Waals surface area contributed by atoms with Crippen molar-refractivity contribution in [1.82, 2.24) is 9.80 Å². The Morgan fingerprint density at radius 1 is 1.21 bits per heavy atom. The number of halogens is 1. The minimum absolute atomic E-state index is 0.130. The summed E-state index contributed by atoms with van der Waals surface area (Å²) in [5.74, 6) is 0.813. The van der Waals surface area contributed by atoms with Crippen LogP contribution in [0.15, 0.2) is 40.8 Å². The average Bonchev–Trinajstić information content (AvgIpc) is 3.04. The van der Waals surface area contributed by atoms with E-state index >= 15 is 0 Å². The molecule has 1 fully saturated rings. The normalized spacial score (nSPS) is 18.5. The molecular formula is C19H23FN2O2. The van der Waals surface area contributed by atoms with E-state index in [2.05, 4.69) is 4.90 Å². The van der Waals surface area contributed by atoms with Crippen LogP contribution in [0.3, 0.4) is 0 Å². The summed E-state index contributed by atoms with van der Waals surface area (Å²) in [5.41, 5.74) is 1.13. The molecule has 24 heavy (non-hydrogen) atoms. The van der Waals surface area contributed by atoms with Crippen molar-refractivity contribution in [2.75, 3.05) is 20.6 Å². The second kappa shape index (κ2) is 7.18. The Morgan fingerprint density at radius 2 is 1.96 bits per heavy atom. The number of piperidine rings is 1. The zero-order valence-corrected chi connectivity index (χ0v) is 14.2. The third-order valence-electron chi connectivity index (χ3n) is 4.51. The molecule has 0 aliphatic carbocycles. The van der Waals surface area contributed by atoms with Crippen LogP contribution in [0.2, 0.25) is 0 Å². The fraction of sp³-hybridized carbons (Fsp3) is 0.421. The van der Waals surface area contributed by atoms with Gasteiger partial charge in [0, 0.05) is 20.1 Å². The van der Waals surface area contributed by atoms with E-state index in [0.717, 1.165) is 30.7 Å². The van der Waals surface area contributed by atoms with E-state index in [0.29, 0.717) is 12.3 Å². The van der Waals surface area contributed by atoms with Gasteiger partial charge in [0.2, 0.25) is 0 Å². The van der Waals surface area contributed by atoms with Crippen molar-refractivity contribution in [3.05, 3.63) is 59.3 Å². The first-order chi connectivity index (χ1) is 11.5. The first kappa shape index (κ1) is 16.7. The molecule has 1 atom stereocenters. The number of likely N-dealkylation sites (tertiary alicyclic amines) is 1. The van der Waals surface area contributed by atoms with Gasteiger partial charge in [0.25, 0.3) is 5.91 Å². The predicted molar refractivity (Wildman–Crippen MR) is 90.1 cm³/mol. The van der Waals surface area contributed by atoms with Crippen molar-refractivity contribution in [1.29, 1.82) is 0 Å². The van der Waals surface area contributed by atoms with Gasteiger partial charge in [-0.3, -0.25) is 9.69 Å². The molecular weight excluding hydrogens is 307 g/mol. The van der Waals surface area contributed by atoms with Crippen molar-refractivity contribution in [3.63, 3.8) is 0 Å². The fourth-order valence-electron chi connectivity index (χ4n) is 3.24. The van der Waals surface area contributed by atoms with Crippen molar-refractivity contribution in [2.24, 2.45) is 0 Å². The predicted octanol–water partition coefficient (Wildman–Crippen LogP) is 3.85. The molecule has 2 aromatic rings. The third-order valence-corrected chi connectivity index (χ3v) is 4.51. The summed E-state index contributed by atoms with van der Waals surface area (Å²) in [7, 11) is 3.42. The van der Waals surface area contributed by atoms with E-state index < -0.39 is 0 Å². The minimum atomic E-state index is -0.209. The lowest BCUT2D eigenvalue weighted by molar-refractivity contribution is 0.0788. The second-order valence-corrected chi connectivity index (χ2v) is 6.50. The summed E-state index contributed by atoms with van der Waals surface area (Å²) >= 11 is 0. The van der Waals surface area contributed by atoms with Crippen LogP contribution in [0.4, 0.5) is 4.39 Å². The molecule has 0 radical (unpaired) electrons. The number of amides is 1. The number of benzene rings is 1. The number of carbonyl (C=O) groups is 1. The molecule has 3 rings (SSSR count). The van der Waals surface area contributed by atoms with Gasteiger partial charge in [-0.2, -0.15) is 0 Å². The fourth-order valence-corrected chi connectivity index (χ4v) is 3.24. The number of furan rings is 1. The molecule has 5 heteroatoms. The van der Waals surface area contributed by atoms with Crippen LogP contribution in [0, 0.1) is 5.82 Å².